The van der Waals surface area contributed by atoms with Gasteiger partial charge in [-0.25, -0.2) is 19.9 Å². The monoisotopic (exact) mass is 1050 g/mol. The topological polar surface area (TPSA) is 71.7 Å². The Bertz CT molecular complexity index is 4910. The molecule has 0 N–H and O–H groups in total. The molecular formula is C72H59N7O+2. The summed E-state index contributed by atoms with van der Waals surface area (Å²) in [6.45, 7) is 16.0. The molecule has 386 valence electrons. The van der Waals surface area contributed by atoms with Gasteiger partial charge >= 0.3 is 6.01 Å². The zero-order chi connectivity index (χ0) is 63.5. The maximum Gasteiger partial charge on any atom is 0.503 e. The Morgan fingerprint density at radius 3 is 1.70 bits per heavy atom. The number of fused-ring (bicyclic) bond motifs is 4. The number of benzene rings is 9. The lowest BCUT2D eigenvalue weighted by molar-refractivity contribution is 0.484. The fourth-order valence-corrected chi connectivity index (χ4v) is 10.6. The molecule has 0 radical (unpaired) electrons. The van der Waals surface area contributed by atoms with Gasteiger partial charge in [0.1, 0.15) is 17.3 Å². The van der Waals surface area contributed by atoms with Crippen LogP contribution in [0.3, 0.4) is 0 Å². The summed E-state index contributed by atoms with van der Waals surface area (Å²) in [6, 6.07) is 45.8. The molecule has 0 amide bonds. The minimum atomic E-state index is -0.579. The predicted molar refractivity (Wildman–Crippen MR) is 329 cm³/mol. The Hall–Kier alpha value is -9.88. The first-order chi connectivity index (χ1) is 43.0. The van der Waals surface area contributed by atoms with E-state index in [-0.39, 0.29) is 33.4 Å². The van der Waals surface area contributed by atoms with E-state index < -0.39 is 60.4 Å². The highest BCUT2D eigenvalue weighted by Crippen LogP contribution is 2.49. The highest BCUT2D eigenvalue weighted by molar-refractivity contribution is 6.11. The molecule has 13 rings (SSSR count). The summed E-state index contributed by atoms with van der Waals surface area (Å²) >= 11 is 0. The van der Waals surface area contributed by atoms with Crippen LogP contribution < -0.4 is 13.9 Å². The van der Waals surface area contributed by atoms with E-state index in [1.54, 1.807) is 18.4 Å². The third kappa shape index (κ3) is 8.86. The second-order valence-electron chi connectivity index (χ2n) is 21.2. The van der Waals surface area contributed by atoms with E-state index in [2.05, 4.69) is 55.6 Å². The maximum absolute atomic E-state index is 9.38. The predicted octanol–water partition coefficient (Wildman–Crippen LogP) is 18.2. The molecule has 12 aromatic rings. The number of hydrogen-bond acceptors (Lipinski definition) is 5. The van der Waals surface area contributed by atoms with Crippen molar-refractivity contribution >= 4 is 50.6 Å². The van der Waals surface area contributed by atoms with E-state index >= 15 is 0 Å². The van der Waals surface area contributed by atoms with Crippen LogP contribution >= 0.6 is 0 Å². The van der Waals surface area contributed by atoms with Gasteiger partial charge in [0.15, 0.2) is 17.5 Å². The fraction of sp³-hybridized carbons (Fsp3) is 0.125. The first-order valence-corrected chi connectivity index (χ1v) is 26.5. The number of aryl methyl sites for hydroxylation is 2. The van der Waals surface area contributed by atoms with Crippen LogP contribution in [0.4, 0.5) is 22.7 Å². The summed E-state index contributed by atoms with van der Waals surface area (Å²) in [5, 5.41) is 1.88. The number of para-hydroxylation sites is 3. The molecule has 0 fully saturated rings. The molecule has 0 atom stereocenters. The van der Waals surface area contributed by atoms with Gasteiger partial charge in [-0.15, -0.1) is 0 Å². The number of rotatable bonds is 10. The molecule has 3 aromatic heterocycles. The summed E-state index contributed by atoms with van der Waals surface area (Å²) in [5.74, 6) is 2.87. The molecule has 0 spiro atoms. The fourth-order valence-electron chi connectivity index (χ4n) is 10.6. The van der Waals surface area contributed by atoms with E-state index in [9.17, 15) is 5.48 Å². The molecule has 0 aliphatic carbocycles. The van der Waals surface area contributed by atoms with Gasteiger partial charge in [-0.1, -0.05) is 177 Å². The molecule has 1 aliphatic rings. The minimum absolute atomic E-state index is 0.127. The molecule has 1 aliphatic heterocycles. The van der Waals surface area contributed by atoms with Crippen molar-refractivity contribution in [2.75, 3.05) is 0 Å². The highest BCUT2D eigenvalue weighted by Gasteiger charge is 2.41. The number of hydrogen-bond donors (Lipinski definition) is 0. The van der Waals surface area contributed by atoms with Crippen molar-refractivity contribution in [1.29, 1.82) is 0 Å². The largest absolute Gasteiger partial charge is 0.503 e. The van der Waals surface area contributed by atoms with Gasteiger partial charge < -0.3 is 4.74 Å². The van der Waals surface area contributed by atoms with Crippen LogP contribution in [-0.2, 0) is 5.41 Å². The van der Waals surface area contributed by atoms with Gasteiger partial charge in [-0.05, 0) is 113 Å². The van der Waals surface area contributed by atoms with Crippen LogP contribution in [0, 0.1) is 34.6 Å². The zero-order valence-electron chi connectivity index (χ0n) is 55.5. The molecule has 0 bridgehead atoms. The average Bonchev–Trinajstić information content (AvgIpc) is 1.27. The third-order valence-electron chi connectivity index (χ3n) is 15.0. The molecule has 9 aromatic carbocycles. The molecule has 0 saturated heterocycles. The maximum atomic E-state index is 9.38. The summed E-state index contributed by atoms with van der Waals surface area (Å²) in [7, 11) is 0. The van der Waals surface area contributed by atoms with Crippen molar-refractivity contribution in [3.05, 3.63) is 246 Å². The Balaban J connectivity index is 1.08. The van der Waals surface area contributed by atoms with Gasteiger partial charge in [0.2, 0.25) is 11.4 Å². The zero-order valence-corrected chi connectivity index (χ0v) is 45.5. The van der Waals surface area contributed by atoms with Crippen molar-refractivity contribution in [3.63, 3.8) is 0 Å². The van der Waals surface area contributed by atoms with E-state index in [0.717, 1.165) is 55.4 Å². The molecule has 0 unspecified atom stereocenters. The quantitative estimate of drug-likeness (QED) is 0.128. The second-order valence-corrected chi connectivity index (χ2v) is 21.2. The van der Waals surface area contributed by atoms with E-state index in [4.69, 9.17) is 32.9 Å². The average molecular weight is 1050 g/mol. The Labute approximate surface area is 481 Å². The van der Waals surface area contributed by atoms with E-state index in [1.165, 1.54) is 0 Å². The normalized spacial score (nSPS) is 13.9. The lowest BCUT2D eigenvalue weighted by atomic mass is 9.85. The highest BCUT2D eigenvalue weighted by atomic mass is 16.5. The van der Waals surface area contributed by atoms with Crippen LogP contribution in [-0.4, -0.2) is 30.5 Å². The Kier molecular flexibility index (Phi) is 9.79. The van der Waals surface area contributed by atoms with E-state index in [1.807, 2.05) is 153 Å². The van der Waals surface area contributed by atoms with Gasteiger partial charge in [0, 0.05) is 52.4 Å². The molecule has 4 heterocycles. The number of aromatic nitrogens is 5. The standard InChI is InChI=1S/C72H59N7O/c1-45-30-34-52(35-31-45)69-74-70(53-36-32-46(2)33-37-53)76-71(75-69)59-42-58-57-26-15-16-27-60(57)79(65-40-54(38-39-73-65)72(6,7)8)63(58)43-64(59)80-56-25-19-24-55(41-56)77-44-78(62-29-18-17-28-61(62)77)68-66(50-20-11-9-12-21-50)48(4)47(3)49(5)67(68)51-22-13-10-14-23-51/h9-43H,1-8H3/q+2/i9D,10D,11D,12D,13D,14D,20D,21D,22D,23D. The molecule has 0 saturated carbocycles. The van der Waals surface area contributed by atoms with Gasteiger partial charge in [-0.3, -0.25) is 4.57 Å². The first kappa shape index (κ1) is 39.5. The number of ether oxygens (including phenoxy) is 1. The van der Waals surface area contributed by atoms with Gasteiger partial charge in [-0.2, -0.15) is 0 Å². The lowest BCUT2D eigenvalue weighted by Gasteiger charge is -2.20. The molecular weight excluding hydrogens is 979 g/mol. The van der Waals surface area contributed by atoms with Crippen LogP contribution in [0.15, 0.2) is 212 Å². The van der Waals surface area contributed by atoms with E-state index in [0.29, 0.717) is 68.3 Å². The molecule has 80 heavy (non-hydrogen) atoms. The summed E-state index contributed by atoms with van der Waals surface area (Å²) in [4.78, 5) is 20.6. The van der Waals surface area contributed by atoms with Crippen LogP contribution in [0.2, 0.25) is 0 Å². The summed E-state index contributed by atoms with van der Waals surface area (Å²) in [5.41, 5.74) is 10.8. The van der Waals surface area contributed by atoms with Crippen LogP contribution in [0.1, 0.15) is 67.9 Å². The molecule has 8 nitrogen and oxygen atoms in total. The van der Waals surface area contributed by atoms with Gasteiger partial charge in [0.25, 0.3) is 11.4 Å². The van der Waals surface area contributed by atoms with Crippen molar-refractivity contribution in [2.24, 2.45) is 0 Å². The van der Waals surface area contributed by atoms with Gasteiger partial charge in [0.05, 0.1) is 47.5 Å². The summed E-state index contributed by atoms with van der Waals surface area (Å²) in [6.07, 6.45) is 1.84. The number of nitrogens with zero attached hydrogens (tertiary/aromatic N) is 7. The third-order valence-corrected chi connectivity index (χ3v) is 15.0. The molecule has 8 heteroatoms. The summed E-state index contributed by atoms with van der Waals surface area (Å²) < 4.78 is 103. The smallest absolute Gasteiger partial charge is 0.456 e. The van der Waals surface area contributed by atoms with Crippen molar-refractivity contribution in [2.45, 2.75) is 60.8 Å². The first-order valence-electron chi connectivity index (χ1n) is 31.5. The Morgan fingerprint density at radius 2 is 1.09 bits per heavy atom. The van der Waals surface area contributed by atoms with Crippen molar-refractivity contribution in [3.8, 4) is 73.7 Å². The lowest BCUT2D eigenvalue weighted by Crippen LogP contribution is -2.12. The second kappa shape index (κ2) is 19.8. The van der Waals surface area contributed by atoms with Crippen LogP contribution in [0.5, 0.6) is 11.5 Å². The van der Waals surface area contributed by atoms with Crippen LogP contribution in [0.25, 0.3) is 84.0 Å². The SMILES string of the molecule is [2H]c1c([2H])c([2H])c(-c2c(C)c(C)c(C)c(-c3c([2H])c([2H])c([2H])c([2H])c3[2H])c2[N+]2=C=[N+](c3cccc(Oc4cc5c(cc4-c4nc(-c6ccc(C)cc6)nc(-c6ccc(C)cc6)n4)c4ccccc4n5-c4cc(C(C)(C)C)ccn4)c3)c3ccccc32)c([2H])c1[2H]. The number of pyridine rings is 1. The van der Waals surface area contributed by atoms with Crippen molar-refractivity contribution in [1.82, 2.24) is 33.7 Å². The minimum Gasteiger partial charge on any atom is -0.456 e. The Morgan fingerprint density at radius 1 is 0.512 bits per heavy atom. The van der Waals surface area contributed by atoms with Crippen molar-refractivity contribution < 1.29 is 18.4 Å².